The van der Waals surface area contributed by atoms with Gasteiger partial charge in [0.05, 0.1) is 7.11 Å². The number of carbonyl (C=O) groups is 5. The quantitative estimate of drug-likeness (QED) is 0.328. The summed E-state index contributed by atoms with van der Waals surface area (Å²) < 4.78 is 22.6. The van der Waals surface area contributed by atoms with E-state index in [-0.39, 0.29) is 88.7 Å². The van der Waals surface area contributed by atoms with E-state index in [1.807, 2.05) is 0 Å². The molecule has 11 unspecified atom stereocenters. The number of hydrogen-bond acceptors (Lipinski definition) is 9. The van der Waals surface area contributed by atoms with Crippen LogP contribution in [0.5, 0.6) is 0 Å². The molecular formula is C31H46O9. The number of esters is 4. The first-order valence-electron chi connectivity index (χ1n) is 14.8. The van der Waals surface area contributed by atoms with E-state index in [9.17, 15) is 24.0 Å². The van der Waals surface area contributed by atoms with Gasteiger partial charge in [-0.1, -0.05) is 20.8 Å². The Hall–Kier alpha value is -2.45. The molecule has 0 radical (unpaired) electrons. The standard InChI is InChI=1S/C31H46O9/c1-16(8-11-28(36)37-7)21-9-10-22-29-23(14-27(31(21,22)6)40-19(4)34)30(5)15-26(39-18(3)33)24(35)12-20(30)13-25(29)38-17(2)32/h16,20-23,25-27,29H,8-15H2,1-7H3. The summed E-state index contributed by atoms with van der Waals surface area (Å²) in [4.78, 5) is 61.6. The average molecular weight is 563 g/mol. The highest BCUT2D eigenvalue weighted by molar-refractivity contribution is 5.86. The molecule has 0 heterocycles. The van der Waals surface area contributed by atoms with Gasteiger partial charge in [0, 0.05) is 44.9 Å². The molecule has 9 nitrogen and oxygen atoms in total. The van der Waals surface area contributed by atoms with Crippen molar-refractivity contribution in [3.8, 4) is 0 Å². The van der Waals surface area contributed by atoms with Gasteiger partial charge in [0.25, 0.3) is 0 Å². The molecule has 4 saturated carbocycles. The van der Waals surface area contributed by atoms with E-state index in [0.29, 0.717) is 32.1 Å². The van der Waals surface area contributed by atoms with Crippen LogP contribution in [0.2, 0.25) is 0 Å². The van der Waals surface area contributed by atoms with Crippen molar-refractivity contribution in [3.05, 3.63) is 0 Å². The van der Waals surface area contributed by atoms with Gasteiger partial charge in [-0.3, -0.25) is 24.0 Å². The molecule has 0 aromatic heterocycles. The molecule has 0 aliphatic heterocycles. The van der Waals surface area contributed by atoms with E-state index < -0.39 is 12.1 Å². The summed E-state index contributed by atoms with van der Waals surface area (Å²) in [6.07, 6.45) is 3.20. The Bertz CT molecular complexity index is 1040. The molecule has 4 rings (SSSR count). The Kier molecular flexibility index (Phi) is 8.72. The third kappa shape index (κ3) is 5.41. The second kappa shape index (κ2) is 11.4. The van der Waals surface area contributed by atoms with Crippen LogP contribution < -0.4 is 0 Å². The van der Waals surface area contributed by atoms with E-state index in [4.69, 9.17) is 18.9 Å². The van der Waals surface area contributed by atoms with Crippen molar-refractivity contribution in [2.75, 3.05) is 7.11 Å². The lowest BCUT2D eigenvalue weighted by Gasteiger charge is -2.64. The summed E-state index contributed by atoms with van der Waals surface area (Å²) in [6, 6.07) is 0. The maximum atomic E-state index is 13.0. The van der Waals surface area contributed by atoms with Crippen LogP contribution in [0.1, 0.15) is 92.9 Å². The van der Waals surface area contributed by atoms with Crippen LogP contribution >= 0.6 is 0 Å². The van der Waals surface area contributed by atoms with E-state index >= 15 is 0 Å². The molecule has 11 atom stereocenters. The molecule has 0 amide bonds. The van der Waals surface area contributed by atoms with Gasteiger partial charge in [-0.25, -0.2) is 0 Å². The number of Topliss-reactive ketones (excluding diaryl/α,β-unsaturated/α-hetero) is 1. The molecule has 4 aliphatic carbocycles. The van der Waals surface area contributed by atoms with Gasteiger partial charge in [-0.2, -0.15) is 0 Å². The first kappa shape index (κ1) is 30.5. The number of carbonyl (C=O) groups excluding carboxylic acids is 5. The molecule has 0 bridgehead atoms. The summed E-state index contributed by atoms with van der Waals surface area (Å²) >= 11 is 0. The maximum absolute atomic E-state index is 13.0. The highest BCUT2D eigenvalue weighted by Crippen LogP contribution is 2.69. The number of rotatable bonds is 7. The minimum absolute atomic E-state index is 0.00769. The fourth-order valence-corrected chi connectivity index (χ4v) is 9.59. The van der Waals surface area contributed by atoms with Crippen molar-refractivity contribution in [2.45, 2.75) is 111 Å². The van der Waals surface area contributed by atoms with Crippen molar-refractivity contribution in [1.82, 2.24) is 0 Å². The third-order valence-corrected chi connectivity index (χ3v) is 11.3. The van der Waals surface area contributed by atoms with Gasteiger partial charge in [0.1, 0.15) is 12.2 Å². The van der Waals surface area contributed by atoms with Crippen molar-refractivity contribution >= 4 is 29.7 Å². The SMILES string of the molecule is COC(=O)CCC(C)C1CCC2C3C(OC(C)=O)CC4CC(=O)C(OC(C)=O)CC4(C)C3CC(OC(C)=O)C12C. The third-order valence-electron chi connectivity index (χ3n) is 11.3. The zero-order valence-electron chi connectivity index (χ0n) is 25.0. The first-order chi connectivity index (χ1) is 18.7. The smallest absolute Gasteiger partial charge is 0.305 e. The fourth-order valence-electron chi connectivity index (χ4n) is 9.59. The Morgan fingerprint density at radius 1 is 0.925 bits per heavy atom. The van der Waals surface area contributed by atoms with Gasteiger partial charge in [0.2, 0.25) is 0 Å². The molecule has 0 N–H and O–H groups in total. The minimum Gasteiger partial charge on any atom is -0.469 e. The second-order valence-corrected chi connectivity index (χ2v) is 13.3. The Labute approximate surface area is 237 Å². The lowest BCUT2D eigenvalue weighted by molar-refractivity contribution is -0.224. The summed E-state index contributed by atoms with van der Waals surface area (Å²) in [5, 5.41) is 0. The highest BCUT2D eigenvalue weighted by atomic mass is 16.6. The van der Waals surface area contributed by atoms with Gasteiger partial charge in [-0.05, 0) is 73.5 Å². The number of fused-ring (bicyclic) bond motifs is 5. The van der Waals surface area contributed by atoms with Crippen molar-refractivity contribution in [3.63, 3.8) is 0 Å². The topological polar surface area (TPSA) is 122 Å². The summed E-state index contributed by atoms with van der Waals surface area (Å²) in [6.45, 7) is 10.8. The summed E-state index contributed by atoms with van der Waals surface area (Å²) in [7, 11) is 1.40. The van der Waals surface area contributed by atoms with Crippen LogP contribution in [0, 0.1) is 46.3 Å². The summed E-state index contributed by atoms with van der Waals surface area (Å²) in [5.74, 6) is -0.944. The Morgan fingerprint density at radius 2 is 1.57 bits per heavy atom. The number of hydrogen-bond donors (Lipinski definition) is 0. The minimum atomic E-state index is -0.792. The maximum Gasteiger partial charge on any atom is 0.305 e. The lowest BCUT2D eigenvalue weighted by atomic mass is 9.43. The molecule has 0 spiro atoms. The molecule has 4 fully saturated rings. The molecule has 0 saturated heterocycles. The fraction of sp³-hybridized carbons (Fsp3) is 0.839. The van der Waals surface area contributed by atoms with Crippen LogP contribution in [0.3, 0.4) is 0 Å². The lowest BCUT2D eigenvalue weighted by Crippen LogP contribution is -2.64. The predicted molar refractivity (Wildman–Crippen MR) is 143 cm³/mol. The van der Waals surface area contributed by atoms with E-state index in [1.165, 1.54) is 27.9 Å². The monoisotopic (exact) mass is 562 g/mol. The number of ether oxygens (including phenoxy) is 4. The molecule has 0 aromatic rings. The second-order valence-electron chi connectivity index (χ2n) is 13.3. The van der Waals surface area contributed by atoms with Crippen molar-refractivity contribution < 1.29 is 42.9 Å². The van der Waals surface area contributed by atoms with Crippen LogP contribution in [0.15, 0.2) is 0 Å². The van der Waals surface area contributed by atoms with Crippen LogP contribution in [-0.4, -0.2) is 55.1 Å². The van der Waals surface area contributed by atoms with Crippen LogP contribution in [0.25, 0.3) is 0 Å². The van der Waals surface area contributed by atoms with Gasteiger partial charge >= 0.3 is 23.9 Å². The van der Waals surface area contributed by atoms with E-state index in [0.717, 1.165) is 12.8 Å². The largest absolute Gasteiger partial charge is 0.469 e. The zero-order chi connectivity index (χ0) is 29.6. The molecule has 224 valence electrons. The van der Waals surface area contributed by atoms with Crippen LogP contribution in [-0.2, 0) is 42.9 Å². The predicted octanol–water partition coefficient (Wildman–Crippen LogP) is 4.43. The van der Waals surface area contributed by atoms with Crippen molar-refractivity contribution in [2.24, 2.45) is 46.3 Å². The number of methoxy groups -OCH3 is 1. The van der Waals surface area contributed by atoms with E-state index in [2.05, 4.69) is 20.8 Å². The molecular weight excluding hydrogens is 516 g/mol. The number of ketones is 1. The molecule has 9 heteroatoms. The van der Waals surface area contributed by atoms with Crippen molar-refractivity contribution in [1.29, 1.82) is 0 Å². The average Bonchev–Trinajstić information content (AvgIpc) is 3.21. The van der Waals surface area contributed by atoms with Gasteiger partial charge in [0.15, 0.2) is 11.9 Å². The Morgan fingerprint density at radius 3 is 2.17 bits per heavy atom. The Balaban J connectivity index is 1.74. The molecule has 40 heavy (non-hydrogen) atoms. The first-order valence-corrected chi connectivity index (χ1v) is 14.8. The van der Waals surface area contributed by atoms with Crippen LogP contribution in [0.4, 0.5) is 0 Å². The molecule has 0 aromatic carbocycles. The van der Waals surface area contributed by atoms with Gasteiger partial charge < -0.3 is 18.9 Å². The summed E-state index contributed by atoms with van der Waals surface area (Å²) in [5.41, 5.74) is -0.729. The van der Waals surface area contributed by atoms with Gasteiger partial charge in [-0.15, -0.1) is 0 Å². The molecule has 4 aliphatic rings. The normalized spacial score (nSPS) is 41.0. The van der Waals surface area contributed by atoms with E-state index in [1.54, 1.807) is 0 Å². The zero-order valence-corrected chi connectivity index (χ0v) is 25.0. The highest BCUT2D eigenvalue weighted by Gasteiger charge is 2.68.